The summed E-state index contributed by atoms with van der Waals surface area (Å²) in [5, 5.41) is 12.1. The number of nitrogens with one attached hydrogen (secondary N) is 1. The van der Waals surface area contributed by atoms with Gasteiger partial charge in [0.2, 0.25) is 16.9 Å². The Kier molecular flexibility index (Phi) is 4.31. The molecule has 1 aromatic heterocycles. The highest BCUT2D eigenvalue weighted by atomic mass is 32.1. The highest BCUT2D eigenvalue weighted by Gasteiger charge is 2.59. The lowest BCUT2D eigenvalue weighted by Gasteiger charge is -2.17. The van der Waals surface area contributed by atoms with Crippen molar-refractivity contribution >= 4 is 39.9 Å². The first kappa shape index (κ1) is 18.2. The van der Waals surface area contributed by atoms with E-state index in [2.05, 4.69) is 34.6 Å². The van der Waals surface area contributed by atoms with E-state index in [0.717, 1.165) is 24.3 Å². The predicted octanol–water partition coefficient (Wildman–Crippen LogP) is 3.05. The highest BCUT2D eigenvalue weighted by molar-refractivity contribution is 7.15. The molecule has 4 atom stereocenters. The third-order valence-electron chi connectivity index (χ3n) is 6.01. The molecule has 7 nitrogen and oxygen atoms in total. The van der Waals surface area contributed by atoms with E-state index in [9.17, 15) is 14.4 Å². The number of hydrogen-bond donors (Lipinski definition) is 1. The summed E-state index contributed by atoms with van der Waals surface area (Å²) in [6, 6.07) is 6.56. The molecule has 2 fully saturated rings. The molecule has 1 aliphatic heterocycles. The van der Waals surface area contributed by atoms with Gasteiger partial charge < -0.3 is 0 Å². The van der Waals surface area contributed by atoms with E-state index < -0.39 is 0 Å². The monoisotopic (exact) mass is 408 g/mol. The standard InChI is InChI=1S/C21H20N4O3S/c1-2-3-15-23-24-21(29-15)22-18(26)11-6-8-14(9-7-11)25-19(27)16-12-4-5-13(10-12)17(16)20(25)28/h4-9,12-13,16-17H,2-3,10H2,1H3,(H,22,24,26)/t12-,13-,16-,17+/m0/s1. The number of hydrogen-bond acceptors (Lipinski definition) is 6. The van der Waals surface area contributed by atoms with E-state index in [1.165, 1.54) is 16.2 Å². The number of fused-ring (bicyclic) bond motifs is 5. The van der Waals surface area contributed by atoms with Crippen LogP contribution in [0, 0.1) is 23.7 Å². The number of benzene rings is 1. The first-order chi connectivity index (χ1) is 14.1. The van der Waals surface area contributed by atoms with Crippen LogP contribution < -0.4 is 10.2 Å². The molecule has 2 heterocycles. The number of aryl methyl sites for hydroxylation is 1. The maximum Gasteiger partial charge on any atom is 0.257 e. The van der Waals surface area contributed by atoms with Gasteiger partial charge in [0.25, 0.3) is 5.91 Å². The summed E-state index contributed by atoms with van der Waals surface area (Å²) in [5.74, 6) is -0.626. The van der Waals surface area contributed by atoms with Crippen LogP contribution in [0.4, 0.5) is 10.8 Å². The van der Waals surface area contributed by atoms with E-state index in [4.69, 9.17) is 0 Å². The molecule has 3 aliphatic rings. The average molecular weight is 408 g/mol. The summed E-state index contributed by atoms with van der Waals surface area (Å²) in [5.41, 5.74) is 0.952. The second-order valence-corrected chi connectivity index (χ2v) is 8.83. The summed E-state index contributed by atoms with van der Waals surface area (Å²) in [7, 11) is 0. The van der Waals surface area contributed by atoms with Gasteiger partial charge in [-0.3, -0.25) is 24.6 Å². The first-order valence-electron chi connectivity index (χ1n) is 9.86. The first-order valence-corrected chi connectivity index (χ1v) is 10.7. The topological polar surface area (TPSA) is 92.3 Å². The Balaban J connectivity index is 1.31. The lowest BCUT2D eigenvalue weighted by atomic mass is 9.85. The van der Waals surface area contributed by atoms with Crippen LogP contribution in [0.1, 0.15) is 35.1 Å². The lowest BCUT2D eigenvalue weighted by Crippen LogP contribution is -2.32. The van der Waals surface area contributed by atoms with Crippen LogP contribution in [0.5, 0.6) is 0 Å². The van der Waals surface area contributed by atoms with Crippen LogP contribution in [-0.4, -0.2) is 27.9 Å². The number of amides is 3. The van der Waals surface area contributed by atoms with Crippen LogP contribution in [0.15, 0.2) is 36.4 Å². The quantitative estimate of drug-likeness (QED) is 0.606. The minimum Gasteiger partial charge on any atom is -0.296 e. The van der Waals surface area contributed by atoms with Crippen molar-refractivity contribution in [2.24, 2.45) is 23.7 Å². The number of nitrogens with zero attached hydrogens (tertiary/aromatic N) is 3. The lowest BCUT2D eigenvalue weighted by molar-refractivity contribution is -0.123. The van der Waals surface area contributed by atoms with Gasteiger partial charge in [0.1, 0.15) is 5.01 Å². The zero-order valence-corrected chi connectivity index (χ0v) is 16.7. The van der Waals surface area contributed by atoms with E-state index >= 15 is 0 Å². The molecule has 0 unspecified atom stereocenters. The van der Waals surface area contributed by atoms with E-state index in [1.807, 2.05) is 0 Å². The Morgan fingerprint density at radius 3 is 2.38 bits per heavy atom. The minimum absolute atomic E-state index is 0.119. The molecule has 3 amide bonds. The van der Waals surface area contributed by atoms with Crippen molar-refractivity contribution in [3.63, 3.8) is 0 Å². The van der Waals surface area contributed by atoms with Crippen molar-refractivity contribution in [2.75, 3.05) is 10.2 Å². The van der Waals surface area contributed by atoms with E-state index in [1.54, 1.807) is 24.3 Å². The molecule has 1 saturated heterocycles. The Morgan fingerprint density at radius 1 is 1.10 bits per heavy atom. The largest absolute Gasteiger partial charge is 0.296 e. The van der Waals surface area contributed by atoms with Crippen molar-refractivity contribution in [3.05, 3.63) is 47.0 Å². The van der Waals surface area contributed by atoms with Gasteiger partial charge in [-0.05, 0) is 48.9 Å². The van der Waals surface area contributed by atoms with Gasteiger partial charge in [0.05, 0.1) is 17.5 Å². The Morgan fingerprint density at radius 2 is 1.76 bits per heavy atom. The van der Waals surface area contributed by atoms with Crippen molar-refractivity contribution in [1.29, 1.82) is 0 Å². The van der Waals surface area contributed by atoms with Gasteiger partial charge in [-0.25, -0.2) is 0 Å². The minimum atomic E-state index is -0.297. The molecule has 1 N–H and O–H groups in total. The van der Waals surface area contributed by atoms with Crippen LogP contribution >= 0.6 is 11.3 Å². The number of imide groups is 1. The summed E-state index contributed by atoms with van der Waals surface area (Å²) in [6.45, 7) is 2.06. The number of rotatable bonds is 5. The molecule has 148 valence electrons. The zero-order valence-electron chi connectivity index (χ0n) is 15.9. The molecule has 5 rings (SSSR count). The third kappa shape index (κ3) is 2.90. The van der Waals surface area contributed by atoms with Crippen LogP contribution in [0.25, 0.3) is 0 Å². The SMILES string of the molecule is CCCc1nnc(NC(=O)c2ccc(N3C(=O)[C@@H]4[C@H](C3=O)[C@H]3C=C[C@H]4C3)cc2)s1. The van der Waals surface area contributed by atoms with E-state index in [0.29, 0.717) is 16.4 Å². The molecule has 2 bridgehead atoms. The molecular formula is C21H20N4O3S. The Bertz CT molecular complexity index is 999. The molecule has 2 aliphatic carbocycles. The number of carbonyl (C=O) groups excluding carboxylic acids is 3. The summed E-state index contributed by atoms with van der Waals surface area (Å²) in [4.78, 5) is 39.5. The van der Waals surface area contributed by atoms with Crippen molar-refractivity contribution in [2.45, 2.75) is 26.2 Å². The summed E-state index contributed by atoms with van der Waals surface area (Å²) in [6.07, 6.45) is 6.86. The fourth-order valence-corrected chi connectivity index (χ4v) is 5.54. The molecule has 2 aromatic rings. The predicted molar refractivity (Wildman–Crippen MR) is 109 cm³/mol. The number of carbonyl (C=O) groups is 3. The second-order valence-electron chi connectivity index (χ2n) is 7.76. The Hall–Kier alpha value is -2.87. The second kappa shape index (κ2) is 6.88. The van der Waals surface area contributed by atoms with Gasteiger partial charge in [0.15, 0.2) is 0 Å². The maximum absolute atomic E-state index is 12.9. The average Bonchev–Trinajstić information content (AvgIpc) is 3.48. The highest BCUT2D eigenvalue weighted by Crippen LogP contribution is 2.53. The van der Waals surface area contributed by atoms with Crippen molar-refractivity contribution in [3.8, 4) is 0 Å². The molecule has 0 spiro atoms. The van der Waals surface area contributed by atoms with Crippen LogP contribution in [0.2, 0.25) is 0 Å². The molecule has 1 saturated carbocycles. The molecule has 29 heavy (non-hydrogen) atoms. The summed E-state index contributed by atoms with van der Waals surface area (Å²) < 4.78 is 0. The van der Waals surface area contributed by atoms with Gasteiger partial charge in [0, 0.05) is 12.0 Å². The fourth-order valence-electron chi connectivity index (χ4n) is 4.71. The smallest absolute Gasteiger partial charge is 0.257 e. The summed E-state index contributed by atoms with van der Waals surface area (Å²) >= 11 is 1.36. The van der Waals surface area contributed by atoms with Crippen LogP contribution in [0.3, 0.4) is 0 Å². The van der Waals surface area contributed by atoms with Crippen LogP contribution in [-0.2, 0) is 16.0 Å². The van der Waals surface area contributed by atoms with E-state index in [-0.39, 0.29) is 41.4 Å². The van der Waals surface area contributed by atoms with Crippen molar-refractivity contribution in [1.82, 2.24) is 10.2 Å². The molecule has 1 aromatic carbocycles. The molecule has 0 radical (unpaired) electrons. The number of anilines is 2. The fraction of sp³-hybridized carbons (Fsp3) is 0.381. The van der Waals surface area contributed by atoms with Crippen molar-refractivity contribution < 1.29 is 14.4 Å². The van der Waals surface area contributed by atoms with Gasteiger partial charge in [-0.15, -0.1) is 10.2 Å². The molecular weight excluding hydrogens is 388 g/mol. The van der Waals surface area contributed by atoms with Gasteiger partial charge in [-0.2, -0.15) is 0 Å². The van der Waals surface area contributed by atoms with Gasteiger partial charge in [-0.1, -0.05) is 30.4 Å². The Labute approximate surface area is 171 Å². The van der Waals surface area contributed by atoms with Gasteiger partial charge >= 0.3 is 0 Å². The maximum atomic E-state index is 12.9. The third-order valence-corrected chi connectivity index (χ3v) is 6.91. The number of allylic oxidation sites excluding steroid dienone is 2. The zero-order chi connectivity index (χ0) is 20.1. The number of aromatic nitrogens is 2. The molecule has 8 heteroatoms. The normalized spacial score (nSPS) is 27.0.